The largest absolute Gasteiger partial charge is 0.453 e. The first-order valence-corrected chi connectivity index (χ1v) is 4.10. The van der Waals surface area contributed by atoms with Crippen LogP contribution in [0.3, 0.4) is 0 Å². The van der Waals surface area contributed by atoms with Crippen LogP contribution in [-0.4, -0.2) is 13.1 Å². The van der Waals surface area contributed by atoms with Crippen LogP contribution in [0.4, 0.5) is 0 Å². The summed E-state index contributed by atoms with van der Waals surface area (Å²) in [5.41, 5.74) is 0. The van der Waals surface area contributed by atoms with E-state index >= 15 is 0 Å². The lowest BCUT2D eigenvalue weighted by Crippen LogP contribution is -1.99. The average molecular weight is 220 g/mol. The Hall–Kier alpha value is -0.310. The van der Waals surface area contributed by atoms with Gasteiger partial charge in [-0.15, -0.1) is 0 Å². The number of carbonyl (C=O) groups excluding carboxylic acids is 1. The Morgan fingerprint density at radius 3 is 3.00 bits per heavy atom. The molecule has 0 aromatic rings. The lowest BCUT2D eigenvalue weighted by molar-refractivity contribution is -0.135. The van der Waals surface area contributed by atoms with Gasteiger partial charge in [0.1, 0.15) is 6.08 Å². The Kier molecular flexibility index (Phi) is 2.49. The van der Waals surface area contributed by atoms with Crippen LogP contribution < -0.4 is 0 Å². The lowest BCUT2D eigenvalue weighted by atomic mass is 10.5. The van der Waals surface area contributed by atoms with E-state index in [-0.39, 0.29) is 5.97 Å². The monoisotopic (exact) mass is 219 g/mol. The van der Waals surface area contributed by atoms with Crippen molar-refractivity contribution in [1.29, 1.82) is 0 Å². The normalized spacial score (nSPS) is 15.4. The summed E-state index contributed by atoms with van der Waals surface area (Å²) in [6, 6.07) is 0. The highest BCUT2D eigenvalue weighted by molar-refractivity contribution is 9.14. The fourth-order valence-corrected chi connectivity index (χ4v) is 1.67. The van der Waals surface area contributed by atoms with Crippen LogP contribution >= 0.6 is 27.7 Å². The molecule has 4 heteroatoms. The quantitative estimate of drug-likeness (QED) is 0.498. The highest BCUT2D eigenvalue weighted by Crippen LogP contribution is 2.35. The van der Waals surface area contributed by atoms with E-state index in [2.05, 4.69) is 26.7 Å². The molecule has 0 saturated heterocycles. The maximum atomic E-state index is 10.8. The molecule has 0 spiro atoms. The van der Waals surface area contributed by atoms with E-state index in [1.54, 1.807) is 6.08 Å². The van der Waals surface area contributed by atoms with Crippen molar-refractivity contribution in [3.8, 4) is 0 Å². The maximum absolute atomic E-state index is 10.8. The Balaban J connectivity index is 2.57. The van der Waals surface area contributed by atoms with Crippen LogP contribution in [0, 0.1) is 6.08 Å². The predicted octanol–water partition coefficient (Wildman–Crippen LogP) is 1.83. The smallest absolute Gasteiger partial charge is 0.405 e. The molecule has 0 unspecified atom stereocenters. The molecular formula is C6H4BrO2S+. The molecule has 2 nitrogen and oxygen atoms in total. The summed E-state index contributed by atoms with van der Waals surface area (Å²) in [4.78, 5) is 11.3. The summed E-state index contributed by atoms with van der Waals surface area (Å²) in [6.07, 6.45) is 4.44. The zero-order valence-corrected chi connectivity index (χ0v) is 7.58. The minimum absolute atomic E-state index is 0.337. The number of carbonyl (C=O) groups is 1. The second-order valence-electron chi connectivity index (χ2n) is 1.52. The summed E-state index contributed by atoms with van der Waals surface area (Å²) in [7, 11) is 1.35. The number of methoxy groups -OCH3 is 1. The number of allylic oxidation sites excluding steroid dienone is 2. The van der Waals surface area contributed by atoms with Gasteiger partial charge in [0.05, 0.1) is 13.2 Å². The Morgan fingerprint density at radius 2 is 2.60 bits per heavy atom. The van der Waals surface area contributed by atoms with Crippen molar-refractivity contribution in [2.75, 3.05) is 7.11 Å². The zero-order valence-electron chi connectivity index (χ0n) is 5.18. The minimum Gasteiger partial charge on any atom is -0.405 e. The molecule has 1 aliphatic rings. The van der Waals surface area contributed by atoms with Gasteiger partial charge in [-0.2, -0.15) is 4.79 Å². The highest BCUT2D eigenvalue weighted by atomic mass is 79.9. The van der Waals surface area contributed by atoms with Crippen molar-refractivity contribution in [1.82, 2.24) is 0 Å². The Bertz CT molecular complexity index is 220. The number of ether oxygens (including phenoxy) is 1. The van der Waals surface area contributed by atoms with E-state index in [0.717, 1.165) is 3.81 Å². The average Bonchev–Trinajstić information content (AvgIpc) is 2.34. The van der Waals surface area contributed by atoms with Gasteiger partial charge in [-0.05, 0) is 0 Å². The molecule has 0 saturated carbocycles. The molecule has 1 aliphatic heterocycles. The van der Waals surface area contributed by atoms with Crippen molar-refractivity contribution in [2.24, 2.45) is 0 Å². The number of esters is 1. The molecule has 0 amide bonds. The van der Waals surface area contributed by atoms with Crippen molar-refractivity contribution in [3.05, 3.63) is 20.9 Å². The number of hydrogen-bond acceptors (Lipinski definition) is 3. The van der Waals surface area contributed by atoms with Crippen molar-refractivity contribution in [3.63, 3.8) is 0 Å². The molecule has 0 aromatic heterocycles. The SMILES string of the molecule is COC(=O)C1=[C+]C=C(Br)S1. The van der Waals surface area contributed by atoms with Crippen LogP contribution in [-0.2, 0) is 9.53 Å². The summed E-state index contributed by atoms with van der Waals surface area (Å²) in [5, 5.41) is 0. The van der Waals surface area contributed by atoms with E-state index < -0.39 is 0 Å². The summed E-state index contributed by atoms with van der Waals surface area (Å²) in [5.74, 6) is -0.337. The van der Waals surface area contributed by atoms with Crippen molar-refractivity contribution >= 4 is 33.7 Å². The standard InChI is InChI=1S/C6H4BrO2S/c1-9-6(8)4-2-3-5(7)10-4/h3H,1H3/q+1. The number of halogens is 1. The van der Waals surface area contributed by atoms with E-state index in [4.69, 9.17) is 0 Å². The molecule has 0 atom stereocenters. The van der Waals surface area contributed by atoms with E-state index in [0.29, 0.717) is 4.91 Å². The first-order valence-electron chi connectivity index (χ1n) is 2.49. The molecule has 0 aromatic carbocycles. The second kappa shape index (κ2) is 3.19. The van der Waals surface area contributed by atoms with Crippen LogP contribution in [0.1, 0.15) is 0 Å². The molecular weight excluding hydrogens is 216 g/mol. The summed E-state index contributed by atoms with van der Waals surface area (Å²) < 4.78 is 5.35. The second-order valence-corrected chi connectivity index (χ2v) is 3.95. The van der Waals surface area contributed by atoms with Gasteiger partial charge in [0.2, 0.25) is 0 Å². The van der Waals surface area contributed by atoms with Gasteiger partial charge in [0.15, 0.2) is 3.81 Å². The van der Waals surface area contributed by atoms with Crippen LogP contribution in [0.2, 0.25) is 0 Å². The van der Waals surface area contributed by atoms with Crippen molar-refractivity contribution < 1.29 is 9.53 Å². The molecule has 0 radical (unpaired) electrons. The van der Waals surface area contributed by atoms with Crippen molar-refractivity contribution in [2.45, 2.75) is 0 Å². The third kappa shape index (κ3) is 1.59. The molecule has 0 fully saturated rings. The first kappa shape index (κ1) is 7.79. The summed E-state index contributed by atoms with van der Waals surface area (Å²) in [6.45, 7) is 0. The van der Waals surface area contributed by atoms with E-state index in [1.165, 1.54) is 18.9 Å². The van der Waals surface area contributed by atoms with Crippen LogP contribution in [0.25, 0.3) is 0 Å². The van der Waals surface area contributed by atoms with Crippen LogP contribution in [0.15, 0.2) is 14.8 Å². The molecule has 1 rings (SSSR count). The Morgan fingerprint density at radius 1 is 1.90 bits per heavy atom. The van der Waals surface area contributed by atoms with Gasteiger partial charge in [-0.25, -0.2) is 0 Å². The summed E-state index contributed by atoms with van der Waals surface area (Å²) >= 11 is 4.52. The van der Waals surface area contributed by atoms with Gasteiger partial charge in [-0.1, -0.05) is 0 Å². The minimum atomic E-state index is -0.337. The molecule has 10 heavy (non-hydrogen) atoms. The Labute approximate surface area is 71.4 Å². The molecule has 52 valence electrons. The van der Waals surface area contributed by atoms with E-state index in [9.17, 15) is 4.79 Å². The fourth-order valence-electron chi connectivity index (χ4n) is 0.472. The molecule has 0 aliphatic carbocycles. The number of hydrogen-bond donors (Lipinski definition) is 0. The molecule has 1 heterocycles. The van der Waals surface area contributed by atoms with Gasteiger partial charge < -0.3 is 4.74 Å². The molecule has 0 bridgehead atoms. The molecule has 0 N–H and O–H groups in total. The van der Waals surface area contributed by atoms with Gasteiger partial charge in [0, 0.05) is 27.7 Å². The lowest BCUT2D eigenvalue weighted by Gasteiger charge is -1.86. The fraction of sp³-hybridized carbons (Fsp3) is 0.167. The first-order chi connectivity index (χ1) is 4.74. The van der Waals surface area contributed by atoms with E-state index in [1.807, 2.05) is 0 Å². The zero-order chi connectivity index (χ0) is 7.56. The predicted molar refractivity (Wildman–Crippen MR) is 43.4 cm³/mol. The highest BCUT2D eigenvalue weighted by Gasteiger charge is 2.27. The van der Waals surface area contributed by atoms with Gasteiger partial charge >= 0.3 is 5.97 Å². The van der Waals surface area contributed by atoms with Gasteiger partial charge in [0.25, 0.3) is 4.91 Å². The van der Waals surface area contributed by atoms with Gasteiger partial charge in [-0.3, -0.25) is 0 Å². The number of thioether (sulfide) groups is 1. The third-order valence-corrected chi connectivity index (χ3v) is 2.40. The van der Waals surface area contributed by atoms with Crippen LogP contribution in [0.5, 0.6) is 0 Å². The maximum Gasteiger partial charge on any atom is 0.453 e. The third-order valence-electron chi connectivity index (χ3n) is 0.887. The topological polar surface area (TPSA) is 26.3 Å². The number of rotatable bonds is 1.